The molecule has 1 N–H and O–H groups in total. The van der Waals surface area contributed by atoms with Crippen LogP contribution >= 0.6 is 11.3 Å². The molecule has 1 amide bonds. The Morgan fingerprint density at radius 3 is 2.71 bits per heavy atom. The summed E-state index contributed by atoms with van der Waals surface area (Å²) in [4.78, 5) is 55.3. The predicted molar refractivity (Wildman–Crippen MR) is 147 cm³/mol. The highest BCUT2D eigenvalue weighted by Gasteiger charge is 2.38. The Morgan fingerprint density at radius 1 is 1.11 bits per heavy atom. The molecule has 0 unspecified atom stereocenters. The van der Waals surface area contributed by atoms with Gasteiger partial charge in [0.15, 0.2) is 6.29 Å². The molecule has 5 heterocycles. The number of aromatic nitrogens is 4. The van der Waals surface area contributed by atoms with Gasteiger partial charge in [-0.3, -0.25) is 24.3 Å². The third kappa shape index (κ3) is 4.01. The van der Waals surface area contributed by atoms with Crippen molar-refractivity contribution in [2.45, 2.75) is 33.1 Å². The molecule has 1 aliphatic heterocycles. The Hall–Kier alpha value is -4.18. The van der Waals surface area contributed by atoms with E-state index in [1.165, 1.54) is 33.0 Å². The van der Waals surface area contributed by atoms with Gasteiger partial charge in [0.2, 0.25) is 0 Å². The number of carbonyl (C=O) groups is 2. The lowest BCUT2D eigenvalue weighted by Gasteiger charge is -2.28. The van der Waals surface area contributed by atoms with Crippen molar-refractivity contribution < 1.29 is 9.59 Å². The number of nitrogens with zero attached hydrogens (tertiary/aromatic N) is 5. The van der Waals surface area contributed by atoms with Gasteiger partial charge >= 0.3 is 0 Å². The van der Waals surface area contributed by atoms with Crippen molar-refractivity contribution in [3.05, 3.63) is 79.9 Å². The van der Waals surface area contributed by atoms with Gasteiger partial charge < -0.3 is 9.88 Å². The second-order valence-corrected chi connectivity index (χ2v) is 11.6. The summed E-state index contributed by atoms with van der Waals surface area (Å²) in [6, 6.07) is 3.39. The van der Waals surface area contributed by atoms with E-state index in [2.05, 4.69) is 34.1 Å². The maximum Gasteiger partial charge on any atom is 0.274 e. The smallest absolute Gasteiger partial charge is 0.274 e. The lowest BCUT2D eigenvalue weighted by Crippen LogP contribution is -2.38. The molecule has 0 saturated carbocycles. The second-order valence-electron chi connectivity index (χ2n) is 10.5. The number of hydrogen-bond acceptors (Lipinski definition) is 8. The number of nitrogens with one attached hydrogen (secondary N) is 1. The van der Waals surface area contributed by atoms with Crippen LogP contribution in [0.3, 0.4) is 0 Å². The third-order valence-electron chi connectivity index (χ3n) is 7.18. The topological polar surface area (TPSA) is 110 Å². The van der Waals surface area contributed by atoms with Crippen LogP contribution in [0.5, 0.6) is 0 Å². The number of thiophene rings is 1. The molecule has 0 bridgehead atoms. The maximum atomic E-state index is 13.7. The van der Waals surface area contributed by atoms with E-state index >= 15 is 0 Å². The number of aryl methyl sites for hydroxylation is 1. The normalized spacial score (nSPS) is 15.8. The highest BCUT2D eigenvalue weighted by atomic mass is 32.1. The molecular formula is C28H26N6O3S. The van der Waals surface area contributed by atoms with Crippen LogP contribution in [-0.2, 0) is 26.3 Å². The minimum Gasteiger partial charge on any atom is -0.334 e. The van der Waals surface area contributed by atoms with E-state index in [-0.39, 0.29) is 22.6 Å². The largest absolute Gasteiger partial charge is 0.334 e. The molecule has 0 atom stereocenters. The highest BCUT2D eigenvalue weighted by molar-refractivity contribution is 7.14. The summed E-state index contributed by atoms with van der Waals surface area (Å²) in [5, 5.41) is 3.01. The zero-order valence-electron chi connectivity index (χ0n) is 21.3. The van der Waals surface area contributed by atoms with Gasteiger partial charge in [0, 0.05) is 48.8 Å². The number of amides is 1. The second kappa shape index (κ2) is 8.98. The van der Waals surface area contributed by atoms with E-state index in [9.17, 15) is 14.4 Å². The summed E-state index contributed by atoms with van der Waals surface area (Å²) < 4.78 is 1.44. The molecule has 2 aliphatic rings. The van der Waals surface area contributed by atoms with Crippen LogP contribution in [0, 0.1) is 5.41 Å². The number of carbonyl (C=O) groups excluding carboxylic acids is 2. The zero-order chi connectivity index (χ0) is 26.6. The molecule has 4 aromatic heterocycles. The SMILES string of the molecule is Cn1cc(-c2ccnc(N3CCc4c(sc5c4CC(C)(C)C5)C3=O)c2C=O)cc(Nc2cnccn2)c1=O. The molecule has 0 radical (unpaired) electrons. The molecule has 192 valence electrons. The fraction of sp³-hybridized carbons (Fsp3) is 0.286. The van der Waals surface area contributed by atoms with Crippen LogP contribution in [0.4, 0.5) is 17.3 Å². The van der Waals surface area contributed by atoms with Gasteiger partial charge in [0.1, 0.15) is 17.3 Å². The summed E-state index contributed by atoms with van der Waals surface area (Å²) in [7, 11) is 1.64. The van der Waals surface area contributed by atoms with E-state index < -0.39 is 0 Å². The Morgan fingerprint density at radius 2 is 1.95 bits per heavy atom. The van der Waals surface area contributed by atoms with Crippen molar-refractivity contribution in [3.63, 3.8) is 0 Å². The first kappa shape index (κ1) is 24.2. The van der Waals surface area contributed by atoms with Crippen LogP contribution in [0.1, 0.15) is 49.9 Å². The third-order valence-corrected chi connectivity index (χ3v) is 8.44. The van der Waals surface area contributed by atoms with Gasteiger partial charge in [-0.05, 0) is 53.5 Å². The molecular weight excluding hydrogens is 500 g/mol. The molecule has 10 heteroatoms. The summed E-state index contributed by atoms with van der Waals surface area (Å²) in [5.74, 6) is 0.648. The molecule has 38 heavy (non-hydrogen) atoms. The summed E-state index contributed by atoms with van der Waals surface area (Å²) in [5.41, 5.74) is 4.28. The average molecular weight is 527 g/mol. The van der Waals surface area contributed by atoms with Gasteiger partial charge in [0.05, 0.1) is 16.6 Å². The van der Waals surface area contributed by atoms with Crippen LogP contribution in [0.25, 0.3) is 11.1 Å². The number of anilines is 3. The average Bonchev–Trinajstić information content (AvgIpc) is 3.39. The number of pyridine rings is 2. The monoisotopic (exact) mass is 526 g/mol. The summed E-state index contributed by atoms with van der Waals surface area (Å²) in [6.07, 6.45) is 11.3. The molecule has 1 aliphatic carbocycles. The quantitative estimate of drug-likeness (QED) is 0.389. The Kier molecular flexibility index (Phi) is 5.71. The fourth-order valence-corrected chi connectivity index (χ4v) is 7.03. The minimum absolute atomic E-state index is 0.110. The molecule has 9 nitrogen and oxygen atoms in total. The van der Waals surface area contributed by atoms with Crippen molar-refractivity contribution in [2.75, 3.05) is 16.8 Å². The minimum atomic E-state index is -0.256. The molecule has 0 fully saturated rings. The summed E-state index contributed by atoms with van der Waals surface area (Å²) in [6.45, 7) is 4.99. The van der Waals surface area contributed by atoms with Crippen LogP contribution in [0.2, 0.25) is 0 Å². The highest BCUT2D eigenvalue weighted by Crippen LogP contribution is 2.45. The number of aldehydes is 1. The van der Waals surface area contributed by atoms with Crippen molar-refractivity contribution in [2.24, 2.45) is 12.5 Å². The van der Waals surface area contributed by atoms with Crippen LogP contribution in [0.15, 0.2) is 47.9 Å². The Bertz CT molecular complexity index is 1660. The number of fused-ring (bicyclic) bond motifs is 3. The van der Waals surface area contributed by atoms with Gasteiger partial charge in [-0.2, -0.15) is 0 Å². The Labute approximate surface area is 223 Å². The predicted octanol–water partition coefficient (Wildman–Crippen LogP) is 4.18. The lowest BCUT2D eigenvalue weighted by atomic mass is 9.89. The lowest BCUT2D eigenvalue weighted by molar-refractivity contribution is 0.0984. The van der Waals surface area contributed by atoms with Crippen molar-refractivity contribution >= 4 is 40.9 Å². The standard InChI is InChI=1S/C28H26N6O3S/c1-28(2)11-19-18-5-9-34(27(37)24(18)38-22(19)12-28)25-20(15-35)17(4-6-31-25)16-10-21(26(36)33(3)14-16)32-23-13-29-7-8-30-23/h4,6-8,10,13-15H,5,9,11-12H2,1-3H3,(H,30,32). The van der Waals surface area contributed by atoms with Crippen LogP contribution < -0.4 is 15.8 Å². The van der Waals surface area contributed by atoms with E-state index in [4.69, 9.17) is 0 Å². The van der Waals surface area contributed by atoms with Gasteiger partial charge in [-0.15, -0.1) is 11.3 Å². The van der Waals surface area contributed by atoms with Crippen LogP contribution in [-0.4, -0.2) is 38.3 Å². The number of rotatable bonds is 5. The molecule has 0 saturated heterocycles. The molecule has 0 spiro atoms. The maximum absolute atomic E-state index is 13.7. The van der Waals surface area contributed by atoms with Gasteiger partial charge in [-0.1, -0.05) is 13.8 Å². The van der Waals surface area contributed by atoms with Gasteiger partial charge in [-0.25, -0.2) is 9.97 Å². The van der Waals surface area contributed by atoms with E-state index in [0.29, 0.717) is 34.9 Å². The first-order valence-corrected chi connectivity index (χ1v) is 13.2. The van der Waals surface area contributed by atoms with Crippen molar-refractivity contribution in [3.8, 4) is 11.1 Å². The Balaban J connectivity index is 1.39. The zero-order valence-corrected chi connectivity index (χ0v) is 22.1. The van der Waals surface area contributed by atoms with E-state index in [1.807, 2.05) is 0 Å². The molecule has 4 aromatic rings. The summed E-state index contributed by atoms with van der Waals surface area (Å²) >= 11 is 1.59. The van der Waals surface area contributed by atoms with E-state index in [0.717, 1.165) is 30.4 Å². The number of hydrogen-bond donors (Lipinski definition) is 1. The first-order chi connectivity index (χ1) is 18.3. The first-order valence-electron chi connectivity index (χ1n) is 12.4. The fourth-order valence-electron chi connectivity index (χ4n) is 5.46. The van der Waals surface area contributed by atoms with Crippen molar-refractivity contribution in [1.29, 1.82) is 0 Å². The van der Waals surface area contributed by atoms with Gasteiger partial charge in [0.25, 0.3) is 11.5 Å². The van der Waals surface area contributed by atoms with E-state index in [1.54, 1.807) is 54.0 Å². The molecule has 0 aromatic carbocycles. The van der Waals surface area contributed by atoms with Crippen molar-refractivity contribution in [1.82, 2.24) is 19.5 Å². The molecule has 6 rings (SSSR count).